The van der Waals surface area contributed by atoms with Crippen molar-refractivity contribution >= 4 is 15.7 Å². The third-order valence-electron chi connectivity index (χ3n) is 4.65. The van der Waals surface area contributed by atoms with Crippen molar-refractivity contribution in [2.45, 2.75) is 36.3 Å². The molecule has 0 aromatic heterocycles. The first-order chi connectivity index (χ1) is 12.0. The summed E-state index contributed by atoms with van der Waals surface area (Å²) in [6, 6.07) is 15.5. The monoisotopic (exact) mass is 357 g/mol. The van der Waals surface area contributed by atoms with Crippen LogP contribution in [0.25, 0.3) is 0 Å². The van der Waals surface area contributed by atoms with Gasteiger partial charge in [0.25, 0.3) is 0 Å². The fourth-order valence-corrected chi connectivity index (χ4v) is 4.94. The molecular formula is C20H23NO3S. The number of likely N-dealkylation sites (tertiary alicyclic amines) is 1. The second kappa shape index (κ2) is 7.40. The van der Waals surface area contributed by atoms with Crippen molar-refractivity contribution in [1.29, 1.82) is 0 Å². The van der Waals surface area contributed by atoms with Crippen LogP contribution in [0.4, 0.5) is 0 Å². The molecule has 1 fully saturated rings. The minimum Gasteiger partial charge on any atom is -0.341 e. The van der Waals surface area contributed by atoms with Crippen LogP contribution in [-0.4, -0.2) is 32.3 Å². The molecule has 1 unspecified atom stereocenters. The molecule has 1 saturated heterocycles. The minimum atomic E-state index is -3.81. The van der Waals surface area contributed by atoms with Crippen LogP contribution in [0.1, 0.15) is 35.6 Å². The molecule has 4 nitrogen and oxygen atoms in total. The van der Waals surface area contributed by atoms with Crippen molar-refractivity contribution in [3.63, 3.8) is 0 Å². The highest BCUT2D eigenvalue weighted by molar-refractivity contribution is 7.92. The third-order valence-corrected chi connectivity index (χ3v) is 6.68. The normalized spacial score (nSPS) is 16.4. The van der Waals surface area contributed by atoms with Gasteiger partial charge in [-0.3, -0.25) is 4.79 Å². The van der Waals surface area contributed by atoms with Crippen LogP contribution in [0.3, 0.4) is 0 Å². The second-order valence-electron chi connectivity index (χ2n) is 6.53. The molecule has 3 rings (SSSR count). The molecule has 0 bridgehead atoms. The van der Waals surface area contributed by atoms with Crippen molar-refractivity contribution in [2.24, 2.45) is 0 Å². The van der Waals surface area contributed by atoms with Crippen molar-refractivity contribution in [2.75, 3.05) is 13.1 Å². The van der Waals surface area contributed by atoms with Crippen molar-refractivity contribution in [3.8, 4) is 0 Å². The maximum absolute atomic E-state index is 13.3. The lowest BCUT2D eigenvalue weighted by Gasteiger charge is -2.30. The van der Waals surface area contributed by atoms with Gasteiger partial charge in [0.05, 0.1) is 4.90 Å². The van der Waals surface area contributed by atoms with Crippen LogP contribution in [0.5, 0.6) is 0 Å². The van der Waals surface area contributed by atoms with E-state index in [9.17, 15) is 13.2 Å². The van der Waals surface area contributed by atoms with Crippen LogP contribution in [0.15, 0.2) is 59.5 Å². The van der Waals surface area contributed by atoms with Gasteiger partial charge < -0.3 is 4.90 Å². The summed E-state index contributed by atoms with van der Waals surface area (Å²) in [4.78, 5) is 15.0. The summed E-state index contributed by atoms with van der Waals surface area (Å²) in [5, 5.41) is -1.19. The second-order valence-corrected chi connectivity index (χ2v) is 8.57. The van der Waals surface area contributed by atoms with Gasteiger partial charge in [-0.25, -0.2) is 8.42 Å². The first-order valence-corrected chi connectivity index (χ1v) is 10.2. The summed E-state index contributed by atoms with van der Waals surface area (Å²) in [7, 11) is -3.81. The Balaban J connectivity index is 2.04. The topological polar surface area (TPSA) is 54.5 Å². The highest BCUT2D eigenvalue weighted by Crippen LogP contribution is 2.31. The number of nitrogens with zero attached hydrogens (tertiary/aromatic N) is 1. The van der Waals surface area contributed by atoms with Gasteiger partial charge >= 0.3 is 0 Å². The van der Waals surface area contributed by atoms with Crippen LogP contribution in [0, 0.1) is 6.92 Å². The molecule has 2 aromatic carbocycles. The number of sulfone groups is 1. The summed E-state index contributed by atoms with van der Waals surface area (Å²) in [5.74, 6) is -0.313. The zero-order valence-electron chi connectivity index (χ0n) is 14.4. The average molecular weight is 357 g/mol. The molecule has 25 heavy (non-hydrogen) atoms. The summed E-state index contributed by atoms with van der Waals surface area (Å²) in [5.41, 5.74) is 1.51. The van der Waals surface area contributed by atoms with Gasteiger partial charge in [0.2, 0.25) is 5.91 Å². The lowest BCUT2D eigenvalue weighted by Crippen LogP contribution is -2.41. The molecule has 0 saturated carbocycles. The number of hydrogen-bond donors (Lipinski definition) is 0. The van der Waals surface area contributed by atoms with Crippen molar-refractivity contribution in [3.05, 3.63) is 65.7 Å². The largest absolute Gasteiger partial charge is 0.341 e. The Kier molecular flexibility index (Phi) is 5.23. The Morgan fingerprint density at radius 2 is 1.52 bits per heavy atom. The Hall–Kier alpha value is -2.14. The summed E-state index contributed by atoms with van der Waals surface area (Å²) in [6.45, 7) is 3.17. The minimum absolute atomic E-state index is 0.192. The quantitative estimate of drug-likeness (QED) is 0.841. The highest BCUT2D eigenvalue weighted by Gasteiger charge is 2.38. The molecular weight excluding hydrogens is 334 g/mol. The molecule has 2 aromatic rings. The molecule has 1 atom stereocenters. The van der Waals surface area contributed by atoms with E-state index in [0.29, 0.717) is 18.7 Å². The third kappa shape index (κ3) is 3.76. The van der Waals surface area contributed by atoms with Crippen LogP contribution >= 0.6 is 0 Å². The van der Waals surface area contributed by atoms with Gasteiger partial charge in [0.1, 0.15) is 0 Å². The fraction of sp³-hybridized carbons (Fsp3) is 0.350. The first kappa shape index (κ1) is 17.7. The van der Waals surface area contributed by atoms with Crippen molar-refractivity contribution < 1.29 is 13.2 Å². The standard InChI is InChI=1S/C20H23NO3S/c1-16-10-12-18(13-11-16)25(23,24)19(17-8-4-2-5-9-17)20(22)21-14-6-3-7-15-21/h2,4-5,8-13,19H,3,6-7,14-15H2,1H3. The van der Waals surface area contributed by atoms with E-state index in [2.05, 4.69) is 0 Å². The predicted molar refractivity (Wildman–Crippen MR) is 98.0 cm³/mol. The number of amides is 1. The van der Waals surface area contributed by atoms with Gasteiger partial charge in [-0.2, -0.15) is 0 Å². The number of hydrogen-bond acceptors (Lipinski definition) is 3. The van der Waals surface area contributed by atoms with E-state index < -0.39 is 15.1 Å². The number of aryl methyl sites for hydroxylation is 1. The fourth-order valence-electron chi connectivity index (χ4n) is 3.23. The van der Waals surface area contributed by atoms with Crippen LogP contribution in [-0.2, 0) is 14.6 Å². The Bertz CT molecular complexity index is 823. The first-order valence-electron chi connectivity index (χ1n) is 8.64. The maximum Gasteiger partial charge on any atom is 0.245 e. The zero-order chi connectivity index (χ0) is 17.9. The average Bonchev–Trinajstić information content (AvgIpc) is 2.63. The van der Waals surface area contributed by atoms with E-state index in [-0.39, 0.29) is 10.8 Å². The van der Waals surface area contributed by atoms with E-state index in [1.54, 1.807) is 53.4 Å². The number of carbonyl (C=O) groups is 1. The lowest BCUT2D eigenvalue weighted by atomic mass is 10.1. The molecule has 5 heteroatoms. The van der Waals surface area contributed by atoms with Gasteiger partial charge in [0.15, 0.2) is 15.1 Å². The molecule has 1 aliphatic rings. The number of benzene rings is 2. The smallest absolute Gasteiger partial charge is 0.245 e. The van der Waals surface area contributed by atoms with E-state index in [1.807, 2.05) is 13.0 Å². The summed E-state index contributed by atoms with van der Waals surface area (Å²) < 4.78 is 26.6. The van der Waals surface area contributed by atoms with Gasteiger partial charge in [-0.15, -0.1) is 0 Å². The van der Waals surface area contributed by atoms with E-state index in [0.717, 1.165) is 24.8 Å². The SMILES string of the molecule is Cc1ccc(S(=O)(=O)C(C(=O)N2CCCCC2)c2ccccc2)cc1. The van der Waals surface area contributed by atoms with E-state index in [1.165, 1.54) is 0 Å². The van der Waals surface area contributed by atoms with E-state index >= 15 is 0 Å². The number of piperidine rings is 1. The van der Waals surface area contributed by atoms with Crippen molar-refractivity contribution in [1.82, 2.24) is 4.90 Å². The molecule has 1 heterocycles. The molecule has 0 aliphatic carbocycles. The summed E-state index contributed by atoms with van der Waals surface area (Å²) >= 11 is 0. The van der Waals surface area contributed by atoms with Crippen LogP contribution in [0.2, 0.25) is 0 Å². The maximum atomic E-state index is 13.3. The molecule has 0 radical (unpaired) electrons. The van der Waals surface area contributed by atoms with Gasteiger partial charge in [0, 0.05) is 13.1 Å². The zero-order valence-corrected chi connectivity index (χ0v) is 15.2. The lowest BCUT2D eigenvalue weighted by molar-refractivity contribution is -0.131. The molecule has 132 valence electrons. The van der Waals surface area contributed by atoms with Crippen LogP contribution < -0.4 is 0 Å². The Labute approximate surface area is 149 Å². The number of rotatable bonds is 4. The highest BCUT2D eigenvalue weighted by atomic mass is 32.2. The predicted octanol–water partition coefficient (Wildman–Crippen LogP) is 3.52. The van der Waals surface area contributed by atoms with E-state index in [4.69, 9.17) is 0 Å². The van der Waals surface area contributed by atoms with Gasteiger partial charge in [-0.05, 0) is 43.9 Å². The Morgan fingerprint density at radius 3 is 2.12 bits per heavy atom. The number of carbonyl (C=O) groups excluding carboxylic acids is 1. The molecule has 1 aliphatic heterocycles. The molecule has 0 spiro atoms. The Morgan fingerprint density at radius 1 is 0.920 bits per heavy atom. The summed E-state index contributed by atoms with van der Waals surface area (Å²) in [6.07, 6.45) is 2.94. The van der Waals surface area contributed by atoms with Gasteiger partial charge in [-0.1, -0.05) is 48.0 Å². The molecule has 0 N–H and O–H groups in total. The molecule has 1 amide bonds.